The van der Waals surface area contributed by atoms with Crippen molar-refractivity contribution in [2.45, 2.75) is 20.0 Å². The van der Waals surface area contributed by atoms with E-state index in [2.05, 4.69) is 26.1 Å². The van der Waals surface area contributed by atoms with Crippen LogP contribution in [0.3, 0.4) is 0 Å². The van der Waals surface area contributed by atoms with Gasteiger partial charge in [0, 0.05) is 39.0 Å². The van der Waals surface area contributed by atoms with Gasteiger partial charge >= 0.3 is 0 Å². The minimum absolute atomic E-state index is 0.594. The van der Waals surface area contributed by atoms with E-state index < -0.39 is 0 Å². The molecular weight excluding hydrogens is 232 g/mol. The highest BCUT2D eigenvalue weighted by molar-refractivity contribution is 5.08. The summed E-state index contributed by atoms with van der Waals surface area (Å²) in [5.74, 6) is 1.22. The molecule has 0 amide bonds. The van der Waals surface area contributed by atoms with Crippen LogP contribution in [-0.4, -0.2) is 35.0 Å². The average Bonchev–Trinajstić information content (AvgIpc) is 2.95. The largest absolute Gasteiger partial charge is 0.424 e. The van der Waals surface area contributed by atoms with E-state index in [0.717, 1.165) is 13.1 Å². The predicted molar refractivity (Wildman–Crippen MR) is 66.2 cm³/mol. The number of nitrogens with zero attached hydrogens (tertiary/aromatic N) is 3. The Balaban J connectivity index is 1.91. The summed E-state index contributed by atoms with van der Waals surface area (Å²) in [5.41, 5.74) is 1.18. The zero-order valence-electron chi connectivity index (χ0n) is 10.7. The van der Waals surface area contributed by atoms with Gasteiger partial charge in [-0.1, -0.05) is 0 Å². The highest BCUT2D eigenvalue weighted by Gasteiger charge is 2.06. The van der Waals surface area contributed by atoms with Crippen LogP contribution < -0.4 is 5.32 Å². The van der Waals surface area contributed by atoms with Crippen molar-refractivity contribution >= 4 is 0 Å². The third kappa shape index (κ3) is 3.41. The molecule has 0 atom stereocenters. The molecule has 0 fully saturated rings. The van der Waals surface area contributed by atoms with Crippen molar-refractivity contribution in [1.82, 2.24) is 20.1 Å². The molecule has 2 rings (SSSR count). The predicted octanol–water partition coefficient (Wildman–Crippen LogP) is 0.964. The fraction of sp³-hybridized carbons (Fsp3) is 0.500. The number of hydrogen-bond acceptors (Lipinski definition) is 5. The van der Waals surface area contributed by atoms with E-state index >= 15 is 0 Å². The van der Waals surface area contributed by atoms with Crippen LogP contribution in [0.2, 0.25) is 0 Å². The first-order chi connectivity index (χ1) is 8.79. The quantitative estimate of drug-likeness (QED) is 0.742. The van der Waals surface area contributed by atoms with Gasteiger partial charge in [-0.2, -0.15) is 0 Å². The molecule has 18 heavy (non-hydrogen) atoms. The van der Waals surface area contributed by atoms with Crippen LogP contribution in [0.5, 0.6) is 0 Å². The van der Waals surface area contributed by atoms with Gasteiger partial charge in [0.15, 0.2) is 0 Å². The topological polar surface area (TPSA) is 65.1 Å². The third-order valence-electron chi connectivity index (χ3n) is 2.59. The summed E-state index contributed by atoms with van der Waals surface area (Å²) in [6.45, 7) is 4.74. The Morgan fingerprint density at radius 1 is 1.44 bits per heavy atom. The van der Waals surface area contributed by atoms with E-state index in [1.165, 1.54) is 5.69 Å². The molecule has 0 aliphatic rings. The second kappa shape index (κ2) is 6.32. The zero-order chi connectivity index (χ0) is 12.8. The Morgan fingerprint density at radius 2 is 2.33 bits per heavy atom. The molecule has 2 heterocycles. The molecule has 98 valence electrons. The summed E-state index contributed by atoms with van der Waals surface area (Å²) >= 11 is 0. The van der Waals surface area contributed by atoms with Crippen molar-refractivity contribution in [2.75, 3.05) is 20.3 Å². The second-order valence-corrected chi connectivity index (χ2v) is 4.01. The van der Waals surface area contributed by atoms with E-state index in [4.69, 9.17) is 9.15 Å². The number of hydrogen-bond donors (Lipinski definition) is 1. The fourth-order valence-corrected chi connectivity index (χ4v) is 1.70. The van der Waals surface area contributed by atoms with E-state index in [-0.39, 0.29) is 0 Å². The Morgan fingerprint density at radius 3 is 3.06 bits per heavy atom. The third-order valence-corrected chi connectivity index (χ3v) is 2.59. The minimum Gasteiger partial charge on any atom is -0.424 e. The van der Waals surface area contributed by atoms with E-state index in [1.54, 1.807) is 14.0 Å². The lowest BCUT2D eigenvalue weighted by molar-refractivity contribution is 0.199. The number of ether oxygens (including phenoxy) is 1. The van der Waals surface area contributed by atoms with Gasteiger partial charge in [0.25, 0.3) is 0 Å². The van der Waals surface area contributed by atoms with Crippen LogP contribution in [0.4, 0.5) is 0 Å². The standard InChI is InChI=1S/C12H18N4O2/c1-10-14-15-12(18-10)9-16-6-3-4-11(16)8-13-5-7-17-2/h3-4,6,13H,5,7-9H2,1-2H3. The lowest BCUT2D eigenvalue weighted by Gasteiger charge is -2.08. The van der Waals surface area contributed by atoms with Crippen molar-refractivity contribution in [3.05, 3.63) is 35.8 Å². The molecule has 0 aliphatic heterocycles. The molecule has 0 unspecified atom stereocenters. The van der Waals surface area contributed by atoms with Crippen molar-refractivity contribution in [2.24, 2.45) is 0 Å². The van der Waals surface area contributed by atoms with E-state index in [0.29, 0.717) is 24.9 Å². The normalized spacial score (nSPS) is 11.0. The van der Waals surface area contributed by atoms with Crippen LogP contribution in [0.15, 0.2) is 22.7 Å². The maximum atomic E-state index is 5.37. The maximum absolute atomic E-state index is 5.37. The maximum Gasteiger partial charge on any atom is 0.236 e. The molecule has 2 aromatic heterocycles. The van der Waals surface area contributed by atoms with Crippen LogP contribution in [0.1, 0.15) is 17.5 Å². The lowest BCUT2D eigenvalue weighted by Crippen LogP contribution is -2.20. The lowest BCUT2D eigenvalue weighted by atomic mass is 10.4. The summed E-state index contributed by atoms with van der Waals surface area (Å²) in [6.07, 6.45) is 2.01. The number of rotatable bonds is 7. The SMILES string of the molecule is COCCNCc1cccn1Cc1nnc(C)o1. The average molecular weight is 250 g/mol. The smallest absolute Gasteiger partial charge is 0.236 e. The summed E-state index contributed by atoms with van der Waals surface area (Å²) in [5, 5.41) is 11.1. The summed E-state index contributed by atoms with van der Waals surface area (Å²) in [6, 6.07) is 4.08. The van der Waals surface area contributed by atoms with Crippen LogP contribution in [0, 0.1) is 6.92 Å². The van der Waals surface area contributed by atoms with E-state index in [1.807, 2.05) is 12.3 Å². The molecule has 0 saturated heterocycles. The molecule has 1 N–H and O–H groups in total. The zero-order valence-corrected chi connectivity index (χ0v) is 10.7. The van der Waals surface area contributed by atoms with Gasteiger partial charge in [0.1, 0.15) is 6.54 Å². The number of methoxy groups -OCH3 is 1. The second-order valence-electron chi connectivity index (χ2n) is 4.01. The van der Waals surface area contributed by atoms with Gasteiger partial charge < -0.3 is 19.0 Å². The van der Waals surface area contributed by atoms with Gasteiger partial charge in [0.2, 0.25) is 11.8 Å². The van der Waals surface area contributed by atoms with Crippen molar-refractivity contribution in [1.29, 1.82) is 0 Å². The first kappa shape index (κ1) is 12.8. The molecule has 0 spiro atoms. The molecule has 6 nitrogen and oxygen atoms in total. The first-order valence-electron chi connectivity index (χ1n) is 5.92. The number of aryl methyl sites for hydroxylation is 1. The highest BCUT2D eigenvalue weighted by atomic mass is 16.5. The molecule has 0 saturated carbocycles. The highest BCUT2D eigenvalue weighted by Crippen LogP contribution is 2.06. The Labute approximate surface area is 106 Å². The molecule has 0 aliphatic carbocycles. The Bertz CT molecular complexity index is 478. The minimum atomic E-state index is 0.594. The summed E-state index contributed by atoms with van der Waals surface area (Å²) in [4.78, 5) is 0. The molecule has 0 bridgehead atoms. The number of nitrogens with one attached hydrogen (secondary N) is 1. The molecule has 2 aromatic rings. The molecule has 0 aromatic carbocycles. The van der Waals surface area contributed by atoms with Crippen LogP contribution in [0.25, 0.3) is 0 Å². The Kier molecular flexibility index (Phi) is 4.49. The van der Waals surface area contributed by atoms with Gasteiger partial charge in [0.05, 0.1) is 6.61 Å². The van der Waals surface area contributed by atoms with Crippen molar-refractivity contribution in [3.8, 4) is 0 Å². The molecular formula is C12H18N4O2. The van der Waals surface area contributed by atoms with Crippen LogP contribution >= 0.6 is 0 Å². The van der Waals surface area contributed by atoms with Gasteiger partial charge in [-0.25, -0.2) is 0 Å². The molecule has 0 radical (unpaired) electrons. The van der Waals surface area contributed by atoms with Crippen molar-refractivity contribution < 1.29 is 9.15 Å². The van der Waals surface area contributed by atoms with Crippen molar-refractivity contribution in [3.63, 3.8) is 0 Å². The monoisotopic (exact) mass is 250 g/mol. The summed E-state index contributed by atoms with van der Waals surface area (Å²) < 4.78 is 12.4. The van der Waals surface area contributed by atoms with Gasteiger partial charge in [-0.05, 0) is 12.1 Å². The Hall–Kier alpha value is -1.66. The van der Waals surface area contributed by atoms with Gasteiger partial charge in [-0.15, -0.1) is 10.2 Å². The summed E-state index contributed by atoms with van der Waals surface area (Å²) in [7, 11) is 1.70. The fourth-order valence-electron chi connectivity index (χ4n) is 1.70. The van der Waals surface area contributed by atoms with Gasteiger partial charge in [-0.3, -0.25) is 0 Å². The molecule has 6 heteroatoms. The number of aromatic nitrogens is 3. The van der Waals surface area contributed by atoms with Crippen LogP contribution in [-0.2, 0) is 17.8 Å². The van der Waals surface area contributed by atoms with E-state index in [9.17, 15) is 0 Å². The first-order valence-corrected chi connectivity index (χ1v) is 5.92.